The standard InChI is InChI=1S/C20H30N2O/c1-17-13-15-18(16-14-17)20(23)22-21-19-11-9-7-5-3-2-4-6-8-10-12-19/h13-16H,2-12H2,1H3,(H,22,23). The number of rotatable bonds is 2. The summed E-state index contributed by atoms with van der Waals surface area (Å²) in [5, 5.41) is 4.43. The van der Waals surface area contributed by atoms with Crippen molar-refractivity contribution in [1.82, 2.24) is 5.43 Å². The molecule has 1 aromatic carbocycles. The molecule has 126 valence electrons. The fourth-order valence-corrected chi connectivity index (χ4v) is 3.03. The Hall–Kier alpha value is -1.64. The van der Waals surface area contributed by atoms with Gasteiger partial charge in [-0.25, -0.2) is 5.43 Å². The van der Waals surface area contributed by atoms with Crippen LogP contribution in [0.5, 0.6) is 0 Å². The Balaban J connectivity index is 1.88. The van der Waals surface area contributed by atoms with Crippen LogP contribution in [0.1, 0.15) is 86.6 Å². The molecule has 0 unspecified atom stereocenters. The number of hydrogen-bond acceptors (Lipinski definition) is 2. The number of nitrogens with zero attached hydrogens (tertiary/aromatic N) is 1. The van der Waals surface area contributed by atoms with Gasteiger partial charge in [0.1, 0.15) is 0 Å². The summed E-state index contributed by atoms with van der Waals surface area (Å²) in [6.07, 6.45) is 13.8. The first kappa shape index (κ1) is 17.7. The SMILES string of the molecule is Cc1ccc(C(=O)NN=C2CCCCCCCCCCC2)cc1. The Kier molecular flexibility index (Phi) is 7.85. The molecule has 0 saturated heterocycles. The summed E-state index contributed by atoms with van der Waals surface area (Å²) in [6, 6.07) is 7.62. The minimum atomic E-state index is -0.108. The highest BCUT2D eigenvalue weighted by Crippen LogP contribution is 2.15. The molecule has 1 amide bonds. The fourth-order valence-electron chi connectivity index (χ4n) is 3.03. The van der Waals surface area contributed by atoms with Crippen LogP contribution in [0.3, 0.4) is 0 Å². The normalized spacial score (nSPS) is 17.7. The van der Waals surface area contributed by atoms with Gasteiger partial charge in [0.15, 0.2) is 0 Å². The van der Waals surface area contributed by atoms with E-state index in [0.717, 1.165) is 24.1 Å². The number of nitrogens with one attached hydrogen (secondary N) is 1. The fraction of sp³-hybridized carbons (Fsp3) is 0.600. The lowest BCUT2D eigenvalue weighted by Crippen LogP contribution is -2.19. The number of hydrazone groups is 1. The number of benzene rings is 1. The second-order valence-corrected chi connectivity index (χ2v) is 6.67. The molecule has 3 heteroatoms. The lowest BCUT2D eigenvalue weighted by molar-refractivity contribution is 0.0954. The quantitative estimate of drug-likeness (QED) is 0.731. The van der Waals surface area contributed by atoms with Gasteiger partial charge in [-0.15, -0.1) is 0 Å². The number of hydrogen-bond donors (Lipinski definition) is 1. The van der Waals surface area contributed by atoms with Crippen LogP contribution in [0.25, 0.3) is 0 Å². The summed E-state index contributed by atoms with van der Waals surface area (Å²) in [5.41, 5.74) is 5.74. The molecule has 1 fully saturated rings. The van der Waals surface area contributed by atoms with Gasteiger partial charge >= 0.3 is 0 Å². The Bertz CT molecular complexity index is 491. The van der Waals surface area contributed by atoms with Gasteiger partial charge in [-0.2, -0.15) is 5.10 Å². The van der Waals surface area contributed by atoms with Gasteiger partial charge in [0.05, 0.1) is 0 Å². The minimum Gasteiger partial charge on any atom is -0.267 e. The molecule has 0 bridgehead atoms. The molecular formula is C20H30N2O. The first-order valence-corrected chi connectivity index (χ1v) is 9.18. The van der Waals surface area contributed by atoms with Crippen molar-refractivity contribution in [3.8, 4) is 0 Å². The molecule has 3 nitrogen and oxygen atoms in total. The van der Waals surface area contributed by atoms with Crippen molar-refractivity contribution in [2.75, 3.05) is 0 Å². The van der Waals surface area contributed by atoms with E-state index in [1.54, 1.807) is 0 Å². The minimum absolute atomic E-state index is 0.108. The maximum absolute atomic E-state index is 12.2. The van der Waals surface area contributed by atoms with E-state index in [9.17, 15) is 4.79 Å². The van der Waals surface area contributed by atoms with E-state index >= 15 is 0 Å². The van der Waals surface area contributed by atoms with Crippen LogP contribution in [0.15, 0.2) is 29.4 Å². The second-order valence-electron chi connectivity index (χ2n) is 6.67. The van der Waals surface area contributed by atoms with Crippen molar-refractivity contribution < 1.29 is 4.79 Å². The Morgan fingerprint density at radius 2 is 1.30 bits per heavy atom. The highest BCUT2D eigenvalue weighted by molar-refractivity contribution is 5.95. The first-order valence-electron chi connectivity index (χ1n) is 9.18. The molecular weight excluding hydrogens is 284 g/mol. The van der Waals surface area contributed by atoms with Crippen molar-refractivity contribution in [3.63, 3.8) is 0 Å². The largest absolute Gasteiger partial charge is 0.271 e. The molecule has 23 heavy (non-hydrogen) atoms. The molecule has 0 spiro atoms. The van der Waals surface area contributed by atoms with Crippen LogP contribution in [-0.4, -0.2) is 11.6 Å². The molecule has 1 aromatic rings. The summed E-state index contributed by atoms with van der Waals surface area (Å²) in [4.78, 5) is 12.2. The lowest BCUT2D eigenvalue weighted by Gasteiger charge is -2.10. The van der Waals surface area contributed by atoms with Crippen molar-refractivity contribution in [3.05, 3.63) is 35.4 Å². The topological polar surface area (TPSA) is 41.5 Å². The maximum atomic E-state index is 12.2. The van der Waals surface area contributed by atoms with E-state index in [0.29, 0.717) is 5.56 Å². The number of aryl methyl sites for hydroxylation is 1. The van der Waals surface area contributed by atoms with Gasteiger partial charge in [-0.3, -0.25) is 4.79 Å². The van der Waals surface area contributed by atoms with E-state index in [4.69, 9.17) is 0 Å². The molecule has 0 radical (unpaired) electrons. The van der Waals surface area contributed by atoms with Gasteiger partial charge in [0.25, 0.3) is 5.91 Å². The monoisotopic (exact) mass is 314 g/mol. The van der Waals surface area contributed by atoms with Gasteiger partial charge in [-0.1, -0.05) is 62.6 Å². The number of carbonyl (C=O) groups excluding carboxylic acids is 1. The molecule has 0 aliphatic heterocycles. The summed E-state index contributed by atoms with van der Waals surface area (Å²) in [6.45, 7) is 2.02. The predicted octanol–water partition coefficient (Wildman–Crippen LogP) is 5.39. The van der Waals surface area contributed by atoms with E-state index in [-0.39, 0.29) is 5.91 Å². The van der Waals surface area contributed by atoms with E-state index in [1.165, 1.54) is 57.8 Å². The average molecular weight is 314 g/mol. The zero-order valence-corrected chi connectivity index (χ0v) is 14.4. The summed E-state index contributed by atoms with van der Waals surface area (Å²) < 4.78 is 0. The van der Waals surface area contributed by atoms with Crippen LogP contribution in [-0.2, 0) is 0 Å². The Morgan fingerprint density at radius 3 is 1.83 bits per heavy atom. The van der Waals surface area contributed by atoms with Crippen molar-refractivity contribution in [2.24, 2.45) is 5.10 Å². The molecule has 2 rings (SSSR count). The highest BCUT2D eigenvalue weighted by Gasteiger charge is 2.06. The molecule has 0 aromatic heterocycles. The molecule has 1 aliphatic carbocycles. The molecule has 1 N–H and O–H groups in total. The summed E-state index contributed by atoms with van der Waals surface area (Å²) in [7, 11) is 0. The molecule has 0 heterocycles. The maximum Gasteiger partial charge on any atom is 0.271 e. The average Bonchev–Trinajstić information content (AvgIpc) is 2.55. The van der Waals surface area contributed by atoms with Crippen molar-refractivity contribution >= 4 is 11.6 Å². The predicted molar refractivity (Wildman–Crippen MR) is 96.9 cm³/mol. The second kappa shape index (κ2) is 10.2. The van der Waals surface area contributed by atoms with E-state index in [1.807, 2.05) is 31.2 Å². The molecule has 1 aliphatic rings. The van der Waals surface area contributed by atoms with Crippen LogP contribution in [0, 0.1) is 6.92 Å². The summed E-state index contributed by atoms with van der Waals surface area (Å²) >= 11 is 0. The van der Waals surface area contributed by atoms with Crippen LogP contribution in [0.4, 0.5) is 0 Å². The molecule has 0 atom stereocenters. The third-order valence-electron chi connectivity index (χ3n) is 4.56. The van der Waals surface area contributed by atoms with Gasteiger partial charge < -0.3 is 0 Å². The van der Waals surface area contributed by atoms with E-state index < -0.39 is 0 Å². The third-order valence-corrected chi connectivity index (χ3v) is 4.56. The van der Waals surface area contributed by atoms with Gasteiger partial charge in [0.2, 0.25) is 0 Å². The molecule has 1 saturated carbocycles. The van der Waals surface area contributed by atoms with Gasteiger partial charge in [0, 0.05) is 11.3 Å². The lowest BCUT2D eigenvalue weighted by atomic mass is 10.00. The first-order chi connectivity index (χ1) is 11.3. The zero-order chi connectivity index (χ0) is 16.3. The van der Waals surface area contributed by atoms with Crippen LogP contribution >= 0.6 is 0 Å². The third kappa shape index (κ3) is 6.98. The van der Waals surface area contributed by atoms with Crippen molar-refractivity contribution in [2.45, 2.75) is 77.6 Å². The van der Waals surface area contributed by atoms with Gasteiger partial charge in [-0.05, 0) is 44.7 Å². The Labute approximate surface area is 140 Å². The smallest absolute Gasteiger partial charge is 0.267 e. The highest BCUT2D eigenvalue weighted by atomic mass is 16.2. The van der Waals surface area contributed by atoms with Crippen LogP contribution in [0.2, 0.25) is 0 Å². The van der Waals surface area contributed by atoms with E-state index in [2.05, 4.69) is 10.5 Å². The number of amides is 1. The summed E-state index contributed by atoms with van der Waals surface area (Å²) in [5.74, 6) is -0.108. The Morgan fingerprint density at radius 1 is 0.826 bits per heavy atom. The van der Waals surface area contributed by atoms with Crippen LogP contribution < -0.4 is 5.43 Å². The zero-order valence-electron chi connectivity index (χ0n) is 14.4. The number of carbonyl (C=O) groups is 1. The van der Waals surface area contributed by atoms with Crippen molar-refractivity contribution in [1.29, 1.82) is 0 Å².